The van der Waals surface area contributed by atoms with E-state index in [1.54, 1.807) is 32.2 Å². The monoisotopic (exact) mass is 331 g/mol. The highest BCUT2D eigenvalue weighted by atomic mass is 35.5. The highest BCUT2D eigenvalue weighted by Gasteiger charge is 2.35. The van der Waals surface area contributed by atoms with Crippen molar-refractivity contribution in [2.75, 3.05) is 26.2 Å². The number of rotatable bonds is 4. The number of amides is 1. The van der Waals surface area contributed by atoms with Crippen LogP contribution in [0.2, 0.25) is 5.02 Å². The molecule has 1 amide bonds. The topological polar surface area (TPSA) is 38.8 Å². The summed E-state index contributed by atoms with van der Waals surface area (Å²) < 4.78 is 10.8. The van der Waals surface area contributed by atoms with Crippen molar-refractivity contribution in [3.63, 3.8) is 0 Å². The molecule has 1 atom stereocenters. The van der Waals surface area contributed by atoms with Crippen LogP contribution in [0.3, 0.4) is 0 Å². The minimum absolute atomic E-state index is 0.0761. The van der Waals surface area contributed by atoms with E-state index in [4.69, 9.17) is 21.1 Å². The van der Waals surface area contributed by atoms with E-state index >= 15 is 0 Å². The molecule has 23 heavy (non-hydrogen) atoms. The summed E-state index contributed by atoms with van der Waals surface area (Å²) >= 11 is 6.18. The number of hydrogen-bond donors (Lipinski definition) is 0. The van der Waals surface area contributed by atoms with Crippen molar-refractivity contribution >= 4 is 23.2 Å². The van der Waals surface area contributed by atoms with Crippen molar-refractivity contribution in [3.05, 3.63) is 52.5 Å². The highest BCUT2D eigenvalue weighted by Crippen LogP contribution is 2.42. The van der Waals surface area contributed by atoms with Crippen LogP contribution in [0.25, 0.3) is 0 Å². The van der Waals surface area contributed by atoms with E-state index in [2.05, 4.69) is 0 Å². The number of carbonyl (C=O) groups excluding carboxylic acids is 1. The Morgan fingerprint density at radius 2 is 1.91 bits per heavy atom. The molecule has 0 radical (unpaired) electrons. The molecule has 0 unspecified atom stereocenters. The van der Waals surface area contributed by atoms with Crippen molar-refractivity contribution < 1.29 is 14.3 Å². The van der Waals surface area contributed by atoms with Gasteiger partial charge in [0.05, 0.1) is 20.1 Å². The molecular formula is C18H18ClNO3. The molecule has 0 spiro atoms. The van der Waals surface area contributed by atoms with Crippen LogP contribution >= 0.6 is 11.6 Å². The Morgan fingerprint density at radius 3 is 2.61 bits per heavy atom. The number of para-hydroxylation sites is 1. The molecular weight excluding hydrogens is 314 g/mol. The number of anilines is 1. The van der Waals surface area contributed by atoms with Crippen LogP contribution in [0.5, 0.6) is 11.5 Å². The van der Waals surface area contributed by atoms with E-state index in [9.17, 15) is 4.79 Å². The molecule has 1 aliphatic rings. The maximum Gasteiger partial charge on any atom is 0.234 e. The normalized spacial score (nSPS) is 16.4. The Morgan fingerprint density at radius 1 is 1.17 bits per heavy atom. The fourth-order valence-electron chi connectivity index (χ4n) is 3.15. The highest BCUT2D eigenvalue weighted by molar-refractivity contribution is 6.30. The van der Waals surface area contributed by atoms with E-state index in [0.29, 0.717) is 22.9 Å². The van der Waals surface area contributed by atoms with Crippen LogP contribution < -0.4 is 14.4 Å². The summed E-state index contributed by atoms with van der Waals surface area (Å²) in [6, 6.07) is 11.4. The third-order valence-electron chi connectivity index (χ3n) is 4.25. The van der Waals surface area contributed by atoms with E-state index in [1.165, 1.54) is 0 Å². The number of hydrogen-bond acceptors (Lipinski definition) is 3. The Kier molecular flexibility index (Phi) is 4.18. The zero-order valence-corrected chi connectivity index (χ0v) is 14.1. The molecule has 0 bridgehead atoms. The molecule has 0 aromatic heterocycles. The Labute approximate surface area is 140 Å². The lowest BCUT2D eigenvalue weighted by Gasteiger charge is -2.16. The molecule has 4 nitrogen and oxygen atoms in total. The molecule has 0 fully saturated rings. The van der Waals surface area contributed by atoms with Gasteiger partial charge < -0.3 is 14.4 Å². The van der Waals surface area contributed by atoms with Crippen molar-refractivity contribution in [2.24, 2.45) is 0 Å². The van der Waals surface area contributed by atoms with E-state index in [0.717, 1.165) is 16.8 Å². The summed E-state index contributed by atoms with van der Waals surface area (Å²) in [5, 5.41) is 0.560. The second-order valence-electron chi connectivity index (χ2n) is 5.51. The zero-order chi connectivity index (χ0) is 16.6. The molecule has 3 rings (SSSR count). The largest absolute Gasteiger partial charge is 0.493 e. The number of nitrogens with zero attached hydrogens (tertiary/aromatic N) is 1. The maximum absolute atomic E-state index is 12.6. The summed E-state index contributed by atoms with van der Waals surface area (Å²) in [4.78, 5) is 14.3. The second kappa shape index (κ2) is 6.13. The second-order valence-corrected chi connectivity index (χ2v) is 5.95. The number of methoxy groups -OCH3 is 2. The van der Waals surface area contributed by atoms with Crippen LogP contribution in [0.1, 0.15) is 17.0 Å². The molecule has 0 aliphatic carbocycles. The van der Waals surface area contributed by atoms with Gasteiger partial charge in [0, 0.05) is 29.4 Å². The number of carbonyl (C=O) groups is 1. The Hall–Kier alpha value is -2.20. The van der Waals surface area contributed by atoms with Gasteiger partial charge in [-0.15, -0.1) is 0 Å². The van der Waals surface area contributed by atoms with E-state index < -0.39 is 0 Å². The van der Waals surface area contributed by atoms with Crippen LogP contribution in [-0.2, 0) is 11.2 Å². The molecule has 120 valence electrons. The summed E-state index contributed by atoms with van der Waals surface area (Å²) in [6.45, 7) is 0. The first-order valence-electron chi connectivity index (χ1n) is 7.33. The Balaban J connectivity index is 2.03. The third-order valence-corrected chi connectivity index (χ3v) is 4.47. The van der Waals surface area contributed by atoms with Crippen molar-refractivity contribution in [1.82, 2.24) is 0 Å². The van der Waals surface area contributed by atoms with Gasteiger partial charge in [-0.3, -0.25) is 4.79 Å². The summed E-state index contributed by atoms with van der Waals surface area (Å²) in [5.74, 6) is 1.03. The maximum atomic E-state index is 12.6. The predicted octanol–water partition coefficient (Wildman–Crippen LogP) is 3.66. The first-order chi connectivity index (χ1) is 11.1. The van der Waals surface area contributed by atoms with Crippen molar-refractivity contribution in [2.45, 2.75) is 12.3 Å². The smallest absolute Gasteiger partial charge is 0.234 e. The molecule has 1 heterocycles. The first-order valence-corrected chi connectivity index (χ1v) is 7.71. The molecule has 0 saturated heterocycles. The number of ether oxygens (including phenoxy) is 2. The minimum atomic E-state index is -0.242. The summed E-state index contributed by atoms with van der Waals surface area (Å²) in [7, 11) is 4.96. The molecule has 2 aromatic carbocycles. The lowest BCUT2D eigenvalue weighted by atomic mass is 9.92. The van der Waals surface area contributed by atoms with Crippen LogP contribution in [0.15, 0.2) is 36.4 Å². The van der Waals surface area contributed by atoms with Gasteiger partial charge in [-0.2, -0.15) is 0 Å². The quantitative estimate of drug-likeness (QED) is 0.858. The van der Waals surface area contributed by atoms with E-state index in [1.807, 2.05) is 30.3 Å². The molecule has 0 saturated carbocycles. The molecule has 1 aliphatic heterocycles. The average Bonchev–Trinajstić information content (AvgIpc) is 2.80. The predicted molar refractivity (Wildman–Crippen MR) is 90.9 cm³/mol. The number of likely N-dealkylation sites (N-methyl/N-ethyl adjacent to an activating group) is 1. The van der Waals surface area contributed by atoms with Gasteiger partial charge >= 0.3 is 0 Å². The average molecular weight is 332 g/mol. The van der Waals surface area contributed by atoms with Crippen LogP contribution in [-0.4, -0.2) is 27.2 Å². The Bertz CT molecular complexity index is 760. The number of halogens is 1. The fraction of sp³-hybridized carbons (Fsp3) is 0.278. The van der Waals surface area contributed by atoms with Gasteiger partial charge in [-0.1, -0.05) is 29.8 Å². The molecule has 2 aromatic rings. The first kappa shape index (κ1) is 15.7. The van der Waals surface area contributed by atoms with Gasteiger partial charge in [-0.05, 0) is 24.1 Å². The zero-order valence-electron chi connectivity index (χ0n) is 13.3. The summed E-state index contributed by atoms with van der Waals surface area (Å²) in [5.41, 5.74) is 2.84. The lowest BCUT2D eigenvalue weighted by molar-refractivity contribution is -0.119. The van der Waals surface area contributed by atoms with Gasteiger partial charge in [-0.25, -0.2) is 0 Å². The van der Waals surface area contributed by atoms with Gasteiger partial charge in [0.25, 0.3) is 0 Å². The van der Waals surface area contributed by atoms with Crippen LogP contribution in [0, 0.1) is 0 Å². The van der Waals surface area contributed by atoms with Gasteiger partial charge in [0.2, 0.25) is 5.91 Å². The SMILES string of the molecule is COc1cc(Cl)cc(C[C@H]2C(=O)N(C)c3ccccc32)c1OC. The minimum Gasteiger partial charge on any atom is -0.493 e. The lowest BCUT2D eigenvalue weighted by Crippen LogP contribution is -2.25. The van der Waals surface area contributed by atoms with E-state index in [-0.39, 0.29) is 11.8 Å². The molecule has 5 heteroatoms. The number of benzene rings is 2. The van der Waals surface area contributed by atoms with Gasteiger partial charge in [0.15, 0.2) is 11.5 Å². The molecule has 0 N–H and O–H groups in total. The van der Waals surface area contributed by atoms with Gasteiger partial charge in [0.1, 0.15) is 0 Å². The number of fused-ring (bicyclic) bond motifs is 1. The fourth-order valence-corrected chi connectivity index (χ4v) is 3.38. The van der Waals surface area contributed by atoms with Crippen molar-refractivity contribution in [3.8, 4) is 11.5 Å². The third kappa shape index (κ3) is 2.63. The standard InChI is InChI=1S/C18H18ClNO3/c1-20-15-7-5-4-6-13(15)14(18(20)21)9-11-8-12(19)10-16(22-2)17(11)23-3/h4-8,10,14H,9H2,1-3H3/t14-/m1/s1. The van der Waals surface area contributed by atoms with Crippen LogP contribution in [0.4, 0.5) is 5.69 Å². The van der Waals surface area contributed by atoms with Crippen molar-refractivity contribution in [1.29, 1.82) is 0 Å². The summed E-state index contributed by atoms with van der Waals surface area (Å²) in [6.07, 6.45) is 0.514.